The second-order valence-electron chi connectivity index (χ2n) is 18.2. The molecule has 8 heterocycles. The predicted octanol–water partition coefficient (Wildman–Crippen LogP) is 5.81. The standard InChI is InChI=1S/C46H58N12O5/c1-30-24-35(7-8-37(30)57-17-13-40(59)52-44(57)60)54-20-18-53(19-21-54)28-32-10-14-55(15-11-32)39-9-6-34(26-47-39)50-43-49-25-33-12-16-56(29-36(33)51-43)38-27-48-42-41(31(38)2)58(22-23-62-42)45(61)63-46(3,4)5/h6-9,24-27,32H,10-23,28-29H2,1-5H3,(H,49,50,51)(H,52,59,60). The molecule has 63 heavy (non-hydrogen) atoms. The Balaban J connectivity index is 0.750. The van der Waals surface area contributed by atoms with Gasteiger partial charge >= 0.3 is 12.1 Å². The van der Waals surface area contributed by atoms with Crippen LogP contribution in [0.1, 0.15) is 62.4 Å². The third kappa shape index (κ3) is 9.29. The van der Waals surface area contributed by atoms with Crippen LogP contribution in [0.4, 0.5) is 49.8 Å². The first-order valence-electron chi connectivity index (χ1n) is 22.2. The monoisotopic (exact) mass is 858 g/mol. The third-order valence-corrected chi connectivity index (χ3v) is 12.7. The summed E-state index contributed by atoms with van der Waals surface area (Å²) < 4.78 is 11.6. The number of hydrogen-bond acceptors (Lipinski definition) is 14. The molecule has 0 aliphatic carbocycles. The Labute approximate surface area is 368 Å². The van der Waals surface area contributed by atoms with Gasteiger partial charge in [-0.15, -0.1) is 0 Å². The van der Waals surface area contributed by atoms with E-state index in [4.69, 9.17) is 19.4 Å². The van der Waals surface area contributed by atoms with Crippen molar-refractivity contribution < 1.29 is 23.9 Å². The highest BCUT2D eigenvalue weighted by molar-refractivity contribution is 6.06. The number of ether oxygens (including phenoxy) is 2. The molecule has 3 saturated heterocycles. The number of piperazine rings is 1. The molecule has 0 unspecified atom stereocenters. The van der Waals surface area contributed by atoms with Gasteiger partial charge in [-0.3, -0.25) is 24.8 Å². The van der Waals surface area contributed by atoms with E-state index < -0.39 is 11.7 Å². The van der Waals surface area contributed by atoms with E-state index in [9.17, 15) is 14.4 Å². The van der Waals surface area contributed by atoms with E-state index in [1.165, 1.54) is 5.69 Å². The third-order valence-electron chi connectivity index (χ3n) is 12.7. The zero-order valence-corrected chi connectivity index (χ0v) is 37.0. The van der Waals surface area contributed by atoms with E-state index in [0.29, 0.717) is 56.1 Å². The zero-order valence-electron chi connectivity index (χ0n) is 37.0. The molecule has 0 atom stereocenters. The second-order valence-corrected chi connectivity index (χ2v) is 18.2. The number of amides is 4. The number of nitrogens with zero attached hydrogens (tertiary/aromatic N) is 10. The quantitative estimate of drug-likeness (QED) is 0.218. The lowest BCUT2D eigenvalue weighted by atomic mass is 9.96. The summed E-state index contributed by atoms with van der Waals surface area (Å²) in [7, 11) is 0. The summed E-state index contributed by atoms with van der Waals surface area (Å²) in [5.74, 6) is 2.38. The maximum atomic E-state index is 13.2. The van der Waals surface area contributed by atoms with Crippen molar-refractivity contribution in [3.8, 4) is 5.88 Å². The van der Waals surface area contributed by atoms with Gasteiger partial charge in [-0.2, -0.15) is 0 Å². The van der Waals surface area contributed by atoms with Crippen LogP contribution in [-0.4, -0.2) is 121 Å². The van der Waals surface area contributed by atoms with Gasteiger partial charge in [0.2, 0.25) is 17.7 Å². The van der Waals surface area contributed by atoms with Crippen LogP contribution >= 0.6 is 0 Å². The average Bonchev–Trinajstić information content (AvgIpc) is 3.27. The molecule has 4 aromatic rings. The number of carbonyl (C=O) groups excluding carboxylic acids is 3. The number of carbonyl (C=O) groups is 3. The Bertz CT molecular complexity index is 2350. The maximum Gasteiger partial charge on any atom is 0.415 e. The van der Waals surface area contributed by atoms with Crippen molar-refractivity contribution in [3.05, 3.63) is 71.3 Å². The minimum absolute atomic E-state index is 0.219. The number of piperidine rings is 1. The highest BCUT2D eigenvalue weighted by Crippen LogP contribution is 2.40. The van der Waals surface area contributed by atoms with Crippen molar-refractivity contribution in [3.63, 3.8) is 0 Å². The van der Waals surface area contributed by atoms with Crippen molar-refractivity contribution in [2.75, 3.05) is 102 Å². The summed E-state index contributed by atoms with van der Waals surface area (Å²) >= 11 is 0. The van der Waals surface area contributed by atoms with Crippen molar-refractivity contribution in [1.29, 1.82) is 0 Å². The summed E-state index contributed by atoms with van der Waals surface area (Å²) in [5, 5.41) is 5.79. The Morgan fingerprint density at radius 2 is 1.67 bits per heavy atom. The lowest BCUT2D eigenvalue weighted by Crippen LogP contribution is -2.50. The van der Waals surface area contributed by atoms with Gasteiger partial charge < -0.3 is 29.5 Å². The van der Waals surface area contributed by atoms with Gasteiger partial charge in [0.1, 0.15) is 23.7 Å². The lowest BCUT2D eigenvalue weighted by Gasteiger charge is -2.40. The summed E-state index contributed by atoms with van der Waals surface area (Å²) in [6.45, 7) is 19.2. The summed E-state index contributed by atoms with van der Waals surface area (Å²) in [6.07, 6.45) is 8.56. The van der Waals surface area contributed by atoms with Crippen molar-refractivity contribution >= 4 is 58.2 Å². The summed E-state index contributed by atoms with van der Waals surface area (Å²) in [6, 6.07) is 10.0. The molecule has 0 saturated carbocycles. The highest BCUT2D eigenvalue weighted by atomic mass is 16.6. The Hall–Kier alpha value is -6.23. The lowest BCUT2D eigenvalue weighted by molar-refractivity contribution is -0.120. The zero-order chi connectivity index (χ0) is 43.8. The molecule has 0 bridgehead atoms. The number of anilines is 7. The molecule has 0 spiro atoms. The molecule has 4 amide bonds. The number of imide groups is 1. The van der Waals surface area contributed by atoms with Crippen LogP contribution in [0.2, 0.25) is 0 Å². The molecule has 17 heteroatoms. The first-order valence-corrected chi connectivity index (χ1v) is 22.2. The number of nitrogens with one attached hydrogen (secondary N) is 2. The molecule has 5 aliphatic heterocycles. The number of pyridine rings is 2. The SMILES string of the molecule is Cc1cc(N2CCN(CC3CCN(c4ccc(Nc5ncc6c(n5)CN(c5cnc7c(c5C)N(C(=O)OC(C)(C)C)CCO7)CC6)cn4)CC3)CC2)ccc1N1CCC(=O)NC1=O. The van der Waals surface area contributed by atoms with Crippen molar-refractivity contribution in [2.24, 2.45) is 5.92 Å². The molecule has 17 nitrogen and oxygen atoms in total. The summed E-state index contributed by atoms with van der Waals surface area (Å²) in [5.41, 5.74) is 7.83. The fourth-order valence-corrected chi connectivity index (χ4v) is 9.32. The van der Waals surface area contributed by atoms with Gasteiger partial charge in [0.05, 0.1) is 42.6 Å². The average molecular weight is 859 g/mol. The van der Waals surface area contributed by atoms with Crippen LogP contribution < -0.4 is 39.9 Å². The van der Waals surface area contributed by atoms with Gasteiger partial charge in [-0.25, -0.2) is 29.5 Å². The Morgan fingerprint density at radius 3 is 2.40 bits per heavy atom. The van der Waals surface area contributed by atoms with Crippen LogP contribution in [0, 0.1) is 19.8 Å². The van der Waals surface area contributed by atoms with Crippen LogP contribution in [0.25, 0.3) is 0 Å². The minimum Gasteiger partial charge on any atom is -0.474 e. The molecule has 3 aromatic heterocycles. The van der Waals surface area contributed by atoms with Crippen LogP contribution in [0.3, 0.4) is 0 Å². The second kappa shape index (κ2) is 17.5. The van der Waals surface area contributed by atoms with Crippen LogP contribution in [0.15, 0.2) is 48.9 Å². The Morgan fingerprint density at radius 1 is 0.857 bits per heavy atom. The molecule has 9 rings (SSSR count). The van der Waals surface area contributed by atoms with Crippen molar-refractivity contribution in [1.82, 2.24) is 30.2 Å². The van der Waals surface area contributed by atoms with Crippen LogP contribution in [-0.2, 0) is 22.5 Å². The van der Waals surface area contributed by atoms with Gasteiger partial charge in [0.25, 0.3) is 0 Å². The van der Waals surface area contributed by atoms with E-state index in [1.54, 1.807) is 9.80 Å². The molecule has 1 aromatic carbocycles. The highest BCUT2D eigenvalue weighted by Gasteiger charge is 2.33. The van der Waals surface area contributed by atoms with Gasteiger partial charge in [-0.05, 0) is 101 Å². The number of rotatable bonds is 8. The fourth-order valence-electron chi connectivity index (χ4n) is 9.32. The Kier molecular flexibility index (Phi) is 11.7. The largest absolute Gasteiger partial charge is 0.474 e. The van der Waals surface area contributed by atoms with E-state index in [-0.39, 0.29) is 11.9 Å². The first kappa shape index (κ1) is 42.1. The fraction of sp³-hybridized carbons (Fsp3) is 0.500. The number of hydrogen-bond donors (Lipinski definition) is 2. The number of urea groups is 1. The van der Waals surface area contributed by atoms with E-state index >= 15 is 0 Å². The number of aromatic nitrogens is 4. The smallest absolute Gasteiger partial charge is 0.415 e. The van der Waals surface area contributed by atoms with Crippen molar-refractivity contribution in [2.45, 2.75) is 72.4 Å². The number of fused-ring (bicyclic) bond motifs is 2. The van der Waals surface area contributed by atoms with E-state index in [2.05, 4.69) is 58.4 Å². The molecule has 5 aliphatic rings. The number of benzene rings is 1. The minimum atomic E-state index is -0.618. The molecular formula is C46H58N12O5. The maximum absolute atomic E-state index is 13.2. The molecule has 332 valence electrons. The molecular weight excluding hydrogens is 801 g/mol. The van der Waals surface area contributed by atoms with Crippen LogP contribution in [0.5, 0.6) is 5.88 Å². The topological polar surface area (TPSA) is 165 Å². The molecule has 0 radical (unpaired) electrons. The molecule has 2 N–H and O–H groups in total. The first-order chi connectivity index (χ1) is 30.3. The predicted molar refractivity (Wildman–Crippen MR) is 243 cm³/mol. The molecule has 3 fully saturated rings. The van der Waals surface area contributed by atoms with Gasteiger partial charge in [0, 0.05) is 88.5 Å². The van der Waals surface area contributed by atoms with Gasteiger partial charge in [0.15, 0.2) is 0 Å². The van der Waals surface area contributed by atoms with Gasteiger partial charge in [-0.1, -0.05) is 0 Å². The van der Waals surface area contributed by atoms with E-state index in [1.807, 2.05) is 65.3 Å². The number of aryl methyl sites for hydroxylation is 1. The normalized spacial score (nSPS) is 18.7. The van der Waals surface area contributed by atoms with E-state index in [0.717, 1.165) is 117 Å². The summed E-state index contributed by atoms with van der Waals surface area (Å²) in [4.78, 5) is 69.2.